The predicted octanol–water partition coefficient (Wildman–Crippen LogP) is 1.27. The Kier molecular flexibility index (Phi) is 6.47. The molecule has 0 radical (unpaired) electrons. The molecule has 2 amide bonds. The number of hydrogen-bond acceptors (Lipinski definition) is 4. The van der Waals surface area contributed by atoms with Gasteiger partial charge < -0.3 is 15.7 Å². The lowest BCUT2D eigenvalue weighted by atomic mass is 10.1. The molecule has 3 N–H and O–H groups in total. The van der Waals surface area contributed by atoms with E-state index in [-0.39, 0.29) is 17.9 Å². The summed E-state index contributed by atoms with van der Waals surface area (Å²) in [6, 6.07) is 6.48. The molecule has 0 saturated heterocycles. The van der Waals surface area contributed by atoms with Crippen LogP contribution >= 0.6 is 0 Å². The molecule has 1 aromatic rings. The number of carbonyl (C=O) groups is 3. The van der Waals surface area contributed by atoms with Gasteiger partial charge in [-0.05, 0) is 45.0 Å². The fourth-order valence-electron chi connectivity index (χ4n) is 1.58. The maximum Gasteiger partial charge on any atom is 0.251 e. The highest BCUT2D eigenvalue weighted by Gasteiger charge is 2.08. The van der Waals surface area contributed by atoms with Crippen molar-refractivity contribution in [2.24, 2.45) is 0 Å². The second-order valence-electron chi connectivity index (χ2n) is 5.01. The molecular formula is C16H20N2O4. The molecular weight excluding hydrogens is 284 g/mol. The van der Waals surface area contributed by atoms with E-state index in [2.05, 4.69) is 10.6 Å². The summed E-state index contributed by atoms with van der Waals surface area (Å²) >= 11 is 0. The lowest BCUT2D eigenvalue weighted by Crippen LogP contribution is -2.29. The van der Waals surface area contributed by atoms with Crippen molar-refractivity contribution in [3.63, 3.8) is 0 Å². The minimum atomic E-state index is -0.647. The van der Waals surface area contributed by atoms with Crippen LogP contribution in [0.4, 0.5) is 5.69 Å². The third-order valence-electron chi connectivity index (χ3n) is 2.83. The van der Waals surface area contributed by atoms with Gasteiger partial charge in [0.2, 0.25) is 5.91 Å². The fourth-order valence-corrected chi connectivity index (χ4v) is 1.58. The number of aliphatic hydroxyl groups excluding tert-OH is 1. The van der Waals surface area contributed by atoms with Crippen molar-refractivity contribution < 1.29 is 19.5 Å². The van der Waals surface area contributed by atoms with Crippen molar-refractivity contribution in [1.29, 1.82) is 0 Å². The Morgan fingerprint density at radius 3 is 2.27 bits per heavy atom. The van der Waals surface area contributed by atoms with Gasteiger partial charge in [-0.1, -0.05) is 0 Å². The first-order chi connectivity index (χ1) is 10.3. The largest absolute Gasteiger partial charge is 0.392 e. The third-order valence-corrected chi connectivity index (χ3v) is 2.83. The van der Waals surface area contributed by atoms with Crippen molar-refractivity contribution in [3.05, 3.63) is 41.5 Å². The predicted molar refractivity (Wildman–Crippen MR) is 83.5 cm³/mol. The fraction of sp³-hybridized carbons (Fsp3) is 0.312. The summed E-state index contributed by atoms with van der Waals surface area (Å²) < 4.78 is 0. The Balaban J connectivity index is 2.63. The van der Waals surface area contributed by atoms with Crippen molar-refractivity contribution in [3.8, 4) is 0 Å². The zero-order chi connectivity index (χ0) is 16.7. The number of rotatable bonds is 6. The Bertz CT molecular complexity index is 589. The molecule has 1 atom stereocenters. The van der Waals surface area contributed by atoms with Crippen LogP contribution in [0, 0.1) is 0 Å². The van der Waals surface area contributed by atoms with Crippen LogP contribution in [0.15, 0.2) is 35.9 Å². The molecule has 0 aromatic heterocycles. The summed E-state index contributed by atoms with van der Waals surface area (Å²) in [6.45, 7) is 4.65. The van der Waals surface area contributed by atoms with E-state index in [0.717, 1.165) is 0 Å². The number of ketones is 1. The smallest absolute Gasteiger partial charge is 0.251 e. The molecule has 0 aliphatic rings. The van der Waals surface area contributed by atoms with Crippen LogP contribution in [0.5, 0.6) is 0 Å². The molecule has 118 valence electrons. The Morgan fingerprint density at radius 2 is 1.77 bits per heavy atom. The highest BCUT2D eigenvalue weighted by atomic mass is 16.3. The number of benzene rings is 1. The van der Waals surface area contributed by atoms with Gasteiger partial charge in [0, 0.05) is 29.4 Å². The molecule has 1 unspecified atom stereocenters. The normalized spacial score (nSPS) is 12.5. The van der Waals surface area contributed by atoms with Crippen LogP contribution in [0.25, 0.3) is 0 Å². The van der Waals surface area contributed by atoms with E-state index in [1.54, 1.807) is 31.2 Å². The van der Waals surface area contributed by atoms with Gasteiger partial charge in [0.15, 0.2) is 5.78 Å². The van der Waals surface area contributed by atoms with Crippen molar-refractivity contribution >= 4 is 23.3 Å². The zero-order valence-corrected chi connectivity index (χ0v) is 12.8. The van der Waals surface area contributed by atoms with Gasteiger partial charge in [0.25, 0.3) is 5.91 Å². The maximum absolute atomic E-state index is 11.9. The molecule has 6 nitrogen and oxygen atoms in total. The van der Waals surface area contributed by atoms with E-state index in [0.29, 0.717) is 11.3 Å². The summed E-state index contributed by atoms with van der Waals surface area (Å²) in [5.41, 5.74) is 1.33. The van der Waals surface area contributed by atoms with Gasteiger partial charge in [-0.25, -0.2) is 0 Å². The van der Waals surface area contributed by atoms with Crippen LogP contribution in [-0.4, -0.2) is 35.4 Å². The van der Waals surface area contributed by atoms with Gasteiger partial charge in [0.1, 0.15) is 0 Å². The van der Waals surface area contributed by atoms with E-state index in [9.17, 15) is 14.4 Å². The second-order valence-corrected chi connectivity index (χ2v) is 5.01. The van der Waals surface area contributed by atoms with Crippen LogP contribution in [0.2, 0.25) is 0 Å². The number of nitrogens with one attached hydrogen (secondary N) is 2. The molecule has 6 heteroatoms. The van der Waals surface area contributed by atoms with Crippen LogP contribution in [0.1, 0.15) is 31.1 Å². The van der Waals surface area contributed by atoms with Gasteiger partial charge in [-0.15, -0.1) is 0 Å². The lowest BCUT2D eigenvalue weighted by Gasteiger charge is -2.07. The van der Waals surface area contributed by atoms with Crippen molar-refractivity contribution in [2.45, 2.75) is 26.9 Å². The molecule has 0 saturated carbocycles. The quantitative estimate of drug-likeness (QED) is 0.545. The first-order valence-electron chi connectivity index (χ1n) is 6.86. The van der Waals surface area contributed by atoms with Gasteiger partial charge in [-0.2, -0.15) is 0 Å². The molecule has 0 aliphatic heterocycles. The average molecular weight is 304 g/mol. The summed E-state index contributed by atoms with van der Waals surface area (Å²) in [7, 11) is 0. The number of Topliss-reactive ketones (excluding diaryl/α,β-unsaturated/α-hetero) is 1. The standard InChI is InChI=1S/C16H20N2O4/c1-10(8-15(21)17-9-11(2)19)16(22)18-14-6-4-13(5-7-14)12(3)20/h4-8,11,19H,9H2,1-3H3,(H,17,21)(H,18,22)/b10-8-. The maximum atomic E-state index is 11.9. The molecule has 0 aliphatic carbocycles. The molecule has 0 bridgehead atoms. The highest BCUT2D eigenvalue weighted by molar-refractivity contribution is 6.07. The molecule has 1 rings (SSSR count). The van der Waals surface area contributed by atoms with E-state index >= 15 is 0 Å². The average Bonchev–Trinajstić information content (AvgIpc) is 2.45. The Morgan fingerprint density at radius 1 is 1.18 bits per heavy atom. The number of carbonyl (C=O) groups excluding carboxylic acids is 3. The first-order valence-corrected chi connectivity index (χ1v) is 6.86. The first kappa shape index (κ1) is 17.6. The van der Waals surface area contributed by atoms with Crippen LogP contribution < -0.4 is 10.6 Å². The monoisotopic (exact) mass is 304 g/mol. The number of anilines is 1. The third kappa shape index (κ3) is 5.88. The van der Waals surface area contributed by atoms with E-state index < -0.39 is 17.9 Å². The van der Waals surface area contributed by atoms with Crippen molar-refractivity contribution in [2.75, 3.05) is 11.9 Å². The van der Waals surface area contributed by atoms with E-state index in [1.807, 2.05) is 0 Å². The molecule has 0 heterocycles. The van der Waals surface area contributed by atoms with Crippen LogP contribution in [0.3, 0.4) is 0 Å². The SMILES string of the molecule is CC(=O)c1ccc(NC(=O)/C(C)=C\C(=O)NCC(C)O)cc1. The Hall–Kier alpha value is -2.47. The molecule has 1 aromatic carbocycles. The number of aliphatic hydroxyl groups is 1. The number of amides is 2. The Labute approximate surface area is 129 Å². The minimum Gasteiger partial charge on any atom is -0.392 e. The summed E-state index contributed by atoms with van der Waals surface area (Å²) in [6.07, 6.45) is 0.521. The lowest BCUT2D eigenvalue weighted by molar-refractivity contribution is -0.118. The highest BCUT2D eigenvalue weighted by Crippen LogP contribution is 2.11. The molecule has 22 heavy (non-hydrogen) atoms. The zero-order valence-electron chi connectivity index (χ0n) is 12.8. The topological polar surface area (TPSA) is 95.5 Å². The summed E-state index contributed by atoms with van der Waals surface area (Å²) in [5.74, 6) is -0.910. The summed E-state index contributed by atoms with van der Waals surface area (Å²) in [5, 5.41) is 14.2. The minimum absolute atomic E-state index is 0.0521. The van der Waals surface area contributed by atoms with Gasteiger partial charge in [0.05, 0.1) is 6.10 Å². The molecule has 0 spiro atoms. The molecule has 0 fully saturated rings. The number of hydrogen-bond donors (Lipinski definition) is 3. The second kappa shape index (κ2) is 8.09. The van der Waals surface area contributed by atoms with Gasteiger partial charge in [-0.3, -0.25) is 14.4 Å². The van der Waals surface area contributed by atoms with Crippen molar-refractivity contribution in [1.82, 2.24) is 5.32 Å². The summed E-state index contributed by atoms with van der Waals surface area (Å²) in [4.78, 5) is 34.6. The van der Waals surface area contributed by atoms with E-state index in [1.165, 1.54) is 19.9 Å². The van der Waals surface area contributed by atoms with E-state index in [4.69, 9.17) is 5.11 Å². The van der Waals surface area contributed by atoms with Crippen LogP contribution in [-0.2, 0) is 9.59 Å². The van der Waals surface area contributed by atoms with Gasteiger partial charge >= 0.3 is 0 Å².